The molecule has 4 rings (SSSR count). The number of nitrogens with zero attached hydrogens (tertiary/aromatic N) is 1. The number of benzene rings is 3. The minimum Gasteiger partial charge on any atom is -0.485 e. The maximum Gasteiger partial charge on any atom is 0.257 e. The van der Waals surface area contributed by atoms with Gasteiger partial charge in [-0.15, -0.1) is 0 Å². The Morgan fingerprint density at radius 2 is 1.73 bits per heavy atom. The van der Waals surface area contributed by atoms with E-state index in [0.717, 1.165) is 50.1 Å². The summed E-state index contributed by atoms with van der Waals surface area (Å²) < 4.78 is 6.35. The van der Waals surface area contributed by atoms with Crippen molar-refractivity contribution in [2.45, 2.75) is 45.1 Å². The Labute approximate surface area is 219 Å². The molecule has 0 spiro atoms. The zero-order valence-electron chi connectivity index (χ0n) is 21.7. The second-order valence-electron chi connectivity index (χ2n) is 9.82. The van der Waals surface area contributed by atoms with Gasteiger partial charge >= 0.3 is 0 Å². The molecule has 7 nitrogen and oxygen atoms in total. The first-order valence-electron chi connectivity index (χ1n) is 12.8. The molecule has 1 aliphatic rings. The number of anilines is 1. The Balaban J connectivity index is 0.00000380. The van der Waals surface area contributed by atoms with E-state index in [9.17, 15) is 9.70 Å². The quantitative estimate of drug-likeness (QED) is 0.429. The van der Waals surface area contributed by atoms with Crippen LogP contribution in [0.25, 0.3) is 0 Å². The van der Waals surface area contributed by atoms with Gasteiger partial charge in [0.15, 0.2) is 0 Å². The van der Waals surface area contributed by atoms with Gasteiger partial charge in [-0.25, -0.2) is 0 Å². The highest BCUT2D eigenvalue weighted by molar-refractivity contribution is 5.92. The van der Waals surface area contributed by atoms with Crippen LogP contribution in [0.1, 0.15) is 56.3 Å². The number of carbonyl (C=O) groups is 1. The van der Waals surface area contributed by atoms with Crippen LogP contribution in [0.5, 0.6) is 5.75 Å². The Morgan fingerprint density at radius 3 is 2.43 bits per heavy atom. The van der Waals surface area contributed by atoms with Gasteiger partial charge in [0.2, 0.25) is 5.91 Å². The highest BCUT2D eigenvalue weighted by atomic mass is 16.5. The molecule has 4 N–H and O–H groups in total. The van der Waals surface area contributed by atoms with E-state index in [1.165, 1.54) is 5.56 Å². The van der Waals surface area contributed by atoms with Gasteiger partial charge in [0.25, 0.3) is 5.69 Å². The number of nitroso groups, excluding NO2 is 1. The molecule has 0 aliphatic carbocycles. The molecule has 37 heavy (non-hydrogen) atoms. The van der Waals surface area contributed by atoms with Crippen molar-refractivity contribution in [1.29, 1.82) is 0 Å². The minimum atomic E-state index is -0.0907. The predicted molar refractivity (Wildman–Crippen MR) is 147 cm³/mol. The molecule has 0 aromatic heterocycles. The van der Waals surface area contributed by atoms with E-state index in [0.29, 0.717) is 17.4 Å². The lowest BCUT2D eigenvalue weighted by atomic mass is 9.89. The van der Waals surface area contributed by atoms with Crippen molar-refractivity contribution in [3.05, 3.63) is 94.9 Å². The van der Waals surface area contributed by atoms with Gasteiger partial charge in [-0.2, -0.15) is 0 Å². The molecule has 1 atom stereocenters. The Morgan fingerprint density at radius 1 is 1.00 bits per heavy atom. The van der Waals surface area contributed by atoms with E-state index in [-0.39, 0.29) is 23.4 Å². The second kappa shape index (κ2) is 13.7. The molecule has 196 valence electrons. The van der Waals surface area contributed by atoms with E-state index < -0.39 is 0 Å². The van der Waals surface area contributed by atoms with Crippen LogP contribution in [0.4, 0.5) is 11.4 Å². The third kappa shape index (κ3) is 7.97. The average Bonchev–Trinajstić information content (AvgIpc) is 2.92. The summed E-state index contributed by atoms with van der Waals surface area (Å²) in [6.07, 6.45) is 2.96. The average molecular weight is 505 g/mol. The summed E-state index contributed by atoms with van der Waals surface area (Å²) in [7, 11) is 0. The first-order valence-corrected chi connectivity index (χ1v) is 12.8. The monoisotopic (exact) mass is 504 g/mol. The molecule has 1 amide bonds. The maximum absolute atomic E-state index is 12.1. The normalized spacial score (nSPS) is 15.0. The van der Waals surface area contributed by atoms with Crippen molar-refractivity contribution >= 4 is 17.3 Å². The third-order valence-corrected chi connectivity index (χ3v) is 6.85. The smallest absolute Gasteiger partial charge is 0.257 e. The zero-order chi connectivity index (χ0) is 25.3. The Bertz CT molecular complexity index is 1140. The Kier molecular flexibility index (Phi) is 10.4. The van der Waals surface area contributed by atoms with E-state index in [1.807, 2.05) is 61.5 Å². The molecule has 3 aromatic carbocycles. The van der Waals surface area contributed by atoms with Crippen molar-refractivity contribution in [2.75, 3.05) is 25.0 Å². The van der Waals surface area contributed by atoms with E-state index >= 15 is 0 Å². The number of likely N-dealkylation sites (tertiary alicyclic amines) is 1. The number of carbonyl (C=O) groups excluding carboxylic acids is 1. The standard InChI is InChI=1S/C30H35N3O3.H2O/c1-22(2)30(34)31-26-11-6-10-25(20-26)23-14-17-33(18-15-23)19-16-29(24-8-4-3-5-9-24)36-28-13-7-12-27(21-28)32-35;/h3-13,20-23,29H,14-19H2,1-2H3,(H,31,34);1H2/p+1/t29-;/m1./s1. The van der Waals surface area contributed by atoms with Crippen molar-refractivity contribution in [3.63, 3.8) is 0 Å². The minimum absolute atomic E-state index is 0. The fourth-order valence-corrected chi connectivity index (χ4v) is 4.71. The summed E-state index contributed by atoms with van der Waals surface area (Å²) in [6, 6.07) is 25.8. The first-order chi connectivity index (χ1) is 17.5. The van der Waals surface area contributed by atoms with Gasteiger partial charge in [-0.3, -0.25) is 4.79 Å². The van der Waals surface area contributed by atoms with Crippen LogP contribution in [0.2, 0.25) is 0 Å². The molecule has 7 heteroatoms. The largest absolute Gasteiger partial charge is 0.485 e. The van der Waals surface area contributed by atoms with Crippen LogP contribution < -0.4 is 15.2 Å². The van der Waals surface area contributed by atoms with Crippen molar-refractivity contribution < 1.29 is 20.2 Å². The van der Waals surface area contributed by atoms with Crippen LogP contribution in [-0.4, -0.2) is 35.9 Å². The lowest BCUT2D eigenvalue weighted by molar-refractivity contribution is -0.379. The fourth-order valence-electron chi connectivity index (χ4n) is 4.71. The van der Waals surface area contributed by atoms with Crippen molar-refractivity contribution in [1.82, 2.24) is 4.90 Å². The molecule has 0 bridgehead atoms. The van der Waals surface area contributed by atoms with E-state index in [1.54, 1.807) is 12.1 Å². The summed E-state index contributed by atoms with van der Waals surface area (Å²) in [6.45, 7) is 6.82. The van der Waals surface area contributed by atoms with Gasteiger partial charge < -0.3 is 20.4 Å². The molecular formula is C30H38N3O4+. The number of piperidine rings is 1. The topological polar surface area (TPSA) is 104 Å². The van der Waals surface area contributed by atoms with Crippen molar-refractivity contribution in [3.8, 4) is 5.75 Å². The molecular weight excluding hydrogens is 466 g/mol. The molecule has 0 unspecified atom stereocenters. The van der Waals surface area contributed by atoms with Crippen molar-refractivity contribution in [2.24, 2.45) is 5.92 Å². The van der Waals surface area contributed by atoms with Gasteiger partial charge in [-0.1, -0.05) is 62.4 Å². The number of rotatable bonds is 10. The number of ether oxygens (including phenoxy) is 1. The summed E-state index contributed by atoms with van der Waals surface area (Å²) in [5.74, 6) is 1.20. The summed E-state index contributed by atoms with van der Waals surface area (Å²) >= 11 is 0. The molecule has 0 saturated carbocycles. The summed E-state index contributed by atoms with van der Waals surface area (Å²) in [5.41, 5.74) is 3.81. The first kappa shape index (κ1) is 28.0. The van der Waals surface area contributed by atoms with Gasteiger partial charge in [-0.05, 0) is 61.2 Å². The van der Waals surface area contributed by atoms with Crippen LogP contribution >= 0.6 is 0 Å². The highest BCUT2D eigenvalue weighted by Crippen LogP contribution is 2.31. The molecule has 3 aromatic rings. The molecule has 1 fully saturated rings. The van der Waals surface area contributed by atoms with E-state index in [4.69, 9.17) is 4.74 Å². The van der Waals surface area contributed by atoms with E-state index in [2.05, 4.69) is 34.5 Å². The highest BCUT2D eigenvalue weighted by Gasteiger charge is 2.23. The van der Waals surface area contributed by atoms with Crippen LogP contribution in [-0.2, 0) is 4.79 Å². The Hall–Kier alpha value is -3.55. The number of hydrogen-bond acceptors (Lipinski definition) is 4. The number of nitrogens with one attached hydrogen (secondary N) is 2. The lowest BCUT2D eigenvalue weighted by Crippen LogP contribution is -2.55. The van der Waals surface area contributed by atoms with Crippen LogP contribution in [0, 0.1) is 10.8 Å². The van der Waals surface area contributed by atoms with Gasteiger partial charge in [0.1, 0.15) is 11.9 Å². The molecule has 1 saturated heterocycles. The molecule has 1 heterocycles. The molecule has 0 radical (unpaired) electrons. The maximum atomic E-state index is 12.1. The van der Waals surface area contributed by atoms with Gasteiger partial charge in [0.05, 0.1) is 6.07 Å². The summed E-state index contributed by atoms with van der Waals surface area (Å²) in [4.78, 5) is 25.6. The summed E-state index contributed by atoms with van der Waals surface area (Å²) in [5, 5.41) is 4.96. The number of hydrogen-bond donors (Lipinski definition) is 2. The predicted octanol–water partition coefficient (Wildman–Crippen LogP) is 4.32. The number of amides is 1. The molecule has 1 aliphatic heterocycles. The third-order valence-electron chi connectivity index (χ3n) is 6.85. The van der Waals surface area contributed by atoms with Crippen LogP contribution in [0.15, 0.2) is 78.9 Å². The lowest BCUT2D eigenvalue weighted by Gasteiger charge is -2.33. The van der Waals surface area contributed by atoms with Gasteiger partial charge in [0, 0.05) is 40.7 Å². The fraction of sp³-hybridized carbons (Fsp3) is 0.367. The second-order valence-corrected chi connectivity index (χ2v) is 9.82. The zero-order valence-corrected chi connectivity index (χ0v) is 21.7. The SMILES string of the molecule is CC(C)C(=O)Nc1cccc(C2CCN(CC[C@@H](Oc3cccc([NH+]=O)c3)c3ccccc3)CC2)c1.O. The van der Waals surface area contributed by atoms with Crippen LogP contribution in [0.3, 0.4) is 0 Å².